The number of pyridine rings is 1. The Bertz CT molecular complexity index is 1230. The number of hydrogen-bond donors (Lipinski definition) is 1. The van der Waals surface area contributed by atoms with Crippen LogP contribution < -0.4 is 10.9 Å². The fraction of sp³-hybridized carbons (Fsp3) is 0.150. The first kappa shape index (κ1) is 16.1. The number of amides is 1. The van der Waals surface area contributed by atoms with Crippen LogP contribution in [0.15, 0.2) is 53.5 Å². The fourth-order valence-corrected chi connectivity index (χ4v) is 3.18. The lowest BCUT2D eigenvalue weighted by Gasteiger charge is -2.09. The third kappa shape index (κ3) is 2.47. The van der Waals surface area contributed by atoms with Crippen LogP contribution in [0.1, 0.15) is 21.6 Å². The molecule has 0 unspecified atom stereocenters. The first-order chi connectivity index (χ1) is 12.5. The fourth-order valence-electron chi connectivity index (χ4n) is 3.18. The van der Waals surface area contributed by atoms with Gasteiger partial charge in [-0.15, -0.1) is 0 Å². The number of rotatable bonds is 2. The third-order valence-electron chi connectivity index (χ3n) is 4.57. The number of anilines is 1. The monoisotopic (exact) mass is 346 g/mol. The lowest BCUT2D eigenvalue weighted by Crippen LogP contribution is -2.16. The molecule has 3 aromatic heterocycles. The summed E-state index contributed by atoms with van der Waals surface area (Å²) in [6.45, 7) is 3.96. The number of fused-ring (bicyclic) bond motifs is 2. The van der Waals surface area contributed by atoms with Gasteiger partial charge < -0.3 is 9.88 Å². The van der Waals surface area contributed by atoms with Crippen molar-refractivity contribution < 1.29 is 4.79 Å². The van der Waals surface area contributed by atoms with Gasteiger partial charge in [0.25, 0.3) is 11.5 Å². The van der Waals surface area contributed by atoms with Crippen molar-refractivity contribution in [3.8, 4) is 0 Å². The van der Waals surface area contributed by atoms with Gasteiger partial charge in [0.15, 0.2) is 0 Å². The molecule has 0 bridgehead atoms. The molecule has 1 N–H and O–H groups in total. The first-order valence-electron chi connectivity index (χ1n) is 8.31. The SMILES string of the molecule is Cc1ccc(NC(=O)c2cc3c(=O)n4ccccc4nc3n2C)c(C)c1. The predicted molar refractivity (Wildman–Crippen MR) is 102 cm³/mol. The van der Waals surface area contributed by atoms with E-state index in [1.807, 2.05) is 38.1 Å². The zero-order valence-electron chi connectivity index (χ0n) is 14.8. The van der Waals surface area contributed by atoms with Crippen molar-refractivity contribution in [2.45, 2.75) is 13.8 Å². The van der Waals surface area contributed by atoms with E-state index in [2.05, 4.69) is 10.3 Å². The van der Waals surface area contributed by atoms with Gasteiger partial charge in [-0.25, -0.2) is 4.98 Å². The number of aromatic nitrogens is 3. The molecule has 0 aliphatic heterocycles. The van der Waals surface area contributed by atoms with Gasteiger partial charge in [-0.05, 0) is 43.7 Å². The van der Waals surface area contributed by atoms with E-state index in [0.29, 0.717) is 22.4 Å². The molecule has 130 valence electrons. The van der Waals surface area contributed by atoms with Gasteiger partial charge in [0, 0.05) is 18.9 Å². The summed E-state index contributed by atoms with van der Waals surface area (Å²) in [5.41, 5.74) is 4.11. The van der Waals surface area contributed by atoms with Crippen molar-refractivity contribution in [1.82, 2.24) is 14.0 Å². The highest BCUT2D eigenvalue weighted by Crippen LogP contribution is 2.19. The second-order valence-corrected chi connectivity index (χ2v) is 6.44. The maximum Gasteiger partial charge on any atom is 0.272 e. The highest BCUT2D eigenvalue weighted by molar-refractivity contribution is 6.06. The van der Waals surface area contributed by atoms with Crippen LogP contribution in [-0.4, -0.2) is 19.9 Å². The van der Waals surface area contributed by atoms with Gasteiger partial charge in [-0.3, -0.25) is 14.0 Å². The molecule has 3 heterocycles. The lowest BCUT2D eigenvalue weighted by molar-refractivity contribution is 0.101. The molecule has 0 fully saturated rings. The number of carbonyl (C=O) groups is 1. The standard InChI is InChI=1S/C20H18N4O2/c1-12-7-8-15(13(2)10-12)21-19(25)16-11-14-18(23(16)3)22-17-6-4-5-9-24(17)20(14)26/h4-11H,1-3H3,(H,21,25). The molecule has 0 saturated heterocycles. The van der Waals surface area contributed by atoms with Crippen LogP contribution in [-0.2, 0) is 7.05 Å². The van der Waals surface area contributed by atoms with Crippen molar-refractivity contribution in [2.24, 2.45) is 7.05 Å². The summed E-state index contributed by atoms with van der Waals surface area (Å²) < 4.78 is 3.14. The minimum Gasteiger partial charge on any atom is -0.324 e. The van der Waals surface area contributed by atoms with Crippen LogP contribution in [0, 0.1) is 13.8 Å². The Labute approximate surface area is 149 Å². The maximum absolute atomic E-state index is 12.8. The Morgan fingerprint density at radius 1 is 1.12 bits per heavy atom. The normalized spacial score (nSPS) is 11.2. The number of nitrogens with zero attached hydrogens (tertiary/aromatic N) is 3. The Kier molecular flexibility index (Phi) is 3.61. The zero-order valence-corrected chi connectivity index (χ0v) is 14.8. The number of hydrogen-bond acceptors (Lipinski definition) is 3. The highest BCUT2D eigenvalue weighted by Gasteiger charge is 2.18. The summed E-state index contributed by atoms with van der Waals surface area (Å²) in [5.74, 6) is -0.272. The summed E-state index contributed by atoms with van der Waals surface area (Å²) >= 11 is 0. The van der Waals surface area contributed by atoms with Crippen LogP contribution in [0.3, 0.4) is 0 Å². The van der Waals surface area contributed by atoms with Gasteiger partial charge in [0.2, 0.25) is 0 Å². The predicted octanol–water partition coefficient (Wildman–Crippen LogP) is 3.06. The Morgan fingerprint density at radius 3 is 2.69 bits per heavy atom. The second kappa shape index (κ2) is 5.84. The number of aryl methyl sites for hydroxylation is 3. The first-order valence-corrected chi connectivity index (χ1v) is 8.31. The van der Waals surface area contributed by atoms with Crippen LogP contribution >= 0.6 is 0 Å². The Balaban J connectivity index is 1.82. The summed E-state index contributed by atoms with van der Waals surface area (Å²) in [7, 11) is 1.74. The van der Waals surface area contributed by atoms with Gasteiger partial charge in [-0.1, -0.05) is 23.8 Å². The molecule has 26 heavy (non-hydrogen) atoms. The van der Waals surface area contributed by atoms with Crippen LogP contribution in [0.2, 0.25) is 0 Å². The maximum atomic E-state index is 12.8. The summed E-state index contributed by atoms with van der Waals surface area (Å²) in [4.78, 5) is 30.0. The van der Waals surface area contributed by atoms with E-state index in [1.54, 1.807) is 36.0 Å². The Hall–Kier alpha value is -3.41. The van der Waals surface area contributed by atoms with E-state index in [4.69, 9.17) is 0 Å². The molecular formula is C20H18N4O2. The molecule has 1 aromatic carbocycles. The van der Waals surface area contributed by atoms with E-state index < -0.39 is 0 Å². The molecule has 6 heteroatoms. The molecule has 0 aliphatic carbocycles. The molecule has 0 aliphatic rings. The molecule has 0 atom stereocenters. The molecule has 4 rings (SSSR count). The minimum absolute atomic E-state index is 0.188. The molecular weight excluding hydrogens is 328 g/mol. The average Bonchev–Trinajstić information content (AvgIpc) is 2.95. The van der Waals surface area contributed by atoms with E-state index in [-0.39, 0.29) is 11.5 Å². The quantitative estimate of drug-likeness (QED) is 0.606. The topological polar surface area (TPSA) is 68.4 Å². The molecule has 6 nitrogen and oxygen atoms in total. The van der Waals surface area contributed by atoms with Crippen LogP contribution in [0.5, 0.6) is 0 Å². The van der Waals surface area contributed by atoms with Crippen LogP contribution in [0.25, 0.3) is 16.7 Å². The number of benzene rings is 1. The second-order valence-electron chi connectivity index (χ2n) is 6.44. The summed E-state index contributed by atoms with van der Waals surface area (Å²) in [6.07, 6.45) is 1.67. The van der Waals surface area contributed by atoms with Gasteiger partial charge in [-0.2, -0.15) is 0 Å². The molecule has 0 radical (unpaired) electrons. The third-order valence-corrected chi connectivity index (χ3v) is 4.57. The summed E-state index contributed by atoms with van der Waals surface area (Å²) in [6, 6.07) is 12.8. The lowest BCUT2D eigenvalue weighted by atomic mass is 10.1. The molecule has 1 amide bonds. The summed E-state index contributed by atoms with van der Waals surface area (Å²) in [5, 5.41) is 3.34. The highest BCUT2D eigenvalue weighted by atomic mass is 16.2. The molecule has 4 aromatic rings. The van der Waals surface area contributed by atoms with E-state index >= 15 is 0 Å². The number of nitrogens with one attached hydrogen (secondary N) is 1. The van der Waals surface area contributed by atoms with Crippen molar-refractivity contribution in [3.63, 3.8) is 0 Å². The van der Waals surface area contributed by atoms with Crippen molar-refractivity contribution >= 4 is 28.3 Å². The average molecular weight is 346 g/mol. The van der Waals surface area contributed by atoms with E-state index in [9.17, 15) is 9.59 Å². The molecule has 0 spiro atoms. The van der Waals surface area contributed by atoms with Gasteiger partial charge >= 0.3 is 0 Å². The van der Waals surface area contributed by atoms with E-state index in [0.717, 1.165) is 16.8 Å². The molecule has 0 saturated carbocycles. The van der Waals surface area contributed by atoms with Crippen molar-refractivity contribution in [2.75, 3.05) is 5.32 Å². The van der Waals surface area contributed by atoms with Crippen LogP contribution in [0.4, 0.5) is 5.69 Å². The zero-order chi connectivity index (χ0) is 18.4. The number of carbonyl (C=O) groups excluding carboxylic acids is 1. The smallest absolute Gasteiger partial charge is 0.272 e. The van der Waals surface area contributed by atoms with Gasteiger partial charge in [0.05, 0.1) is 5.39 Å². The van der Waals surface area contributed by atoms with E-state index in [1.165, 1.54) is 4.40 Å². The van der Waals surface area contributed by atoms with Crippen molar-refractivity contribution in [1.29, 1.82) is 0 Å². The largest absolute Gasteiger partial charge is 0.324 e. The Morgan fingerprint density at radius 2 is 1.92 bits per heavy atom. The van der Waals surface area contributed by atoms with Crippen molar-refractivity contribution in [3.05, 3.63) is 75.8 Å². The minimum atomic E-state index is -0.272. The van der Waals surface area contributed by atoms with Gasteiger partial charge in [0.1, 0.15) is 17.0 Å².